The van der Waals surface area contributed by atoms with Crippen molar-refractivity contribution in [3.05, 3.63) is 60.0 Å². The van der Waals surface area contributed by atoms with Crippen LogP contribution < -0.4 is 4.72 Å². The van der Waals surface area contributed by atoms with Crippen molar-refractivity contribution >= 4 is 26.9 Å². The zero-order chi connectivity index (χ0) is 19.7. The van der Waals surface area contributed by atoms with Crippen LogP contribution in [-0.4, -0.2) is 35.1 Å². The lowest BCUT2D eigenvalue weighted by Crippen LogP contribution is -2.39. The second kappa shape index (κ2) is 7.37. The van der Waals surface area contributed by atoms with E-state index < -0.39 is 16.0 Å². The molecule has 7 nitrogen and oxygen atoms in total. The molecule has 0 saturated carbocycles. The molecule has 2 N–H and O–H groups in total. The number of aromatic nitrogens is 2. The largest absolute Gasteiger partial charge is 0.481 e. The van der Waals surface area contributed by atoms with Crippen LogP contribution in [0.2, 0.25) is 0 Å². The number of aryl methyl sites for hydroxylation is 1. The normalized spacial score (nSPS) is 16.8. The highest BCUT2D eigenvalue weighted by atomic mass is 32.2. The van der Waals surface area contributed by atoms with Crippen LogP contribution in [0.1, 0.15) is 24.1 Å². The van der Waals surface area contributed by atoms with Crippen LogP contribution in [0.15, 0.2) is 53.7 Å². The maximum absolute atomic E-state index is 12.6. The van der Waals surface area contributed by atoms with Gasteiger partial charge in [-0.3, -0.25) is 9.78 Å². The third-order valence-corrected chi connectivity index (χ3v) is 6.70. The summed E-state index contributed by atoms with van der Waals surface area (Å²) in [6.07, 6.45) is 4.88. The molecule has 1 aliphatic rings. The van der Waals surface area contributed by atoms with Crippen molar-refractivity contribution in [3.8, 4) is 0 Å². The van der Waals surface area contributed by atoms with E-state index in [0.717, 1.165) is 22.2 Å². The summed E-state index contributed by atoms with van der Waals surface area (Å²) in [5.74, 6) is -0.829. The second-order valence-electron chi connectivity index (χ2n) is 6.99. The molecule has 0 saturated heterocycles. The number of fused-ring (bicyclic) bond motifs is 3. The van der Waals surface area contributed by atoms with Crippen molar-refractivity contribution in [2.75, 3.05) is 0 Å². The topological polar surface area (TPSA) is 101 Å². The minimum Gasteiger partial charge on any atom is -0.481 e. The molecule has 0 bridgehead atoms. The predicted octanol–water partition coefficient (Wildman–Crippen LogP) is 2.35. The average molecular weight is 399 g/mol. The number of pyridine rings is 1. The first-order chi connectivity index (χ1) is 13.5. The standard InChI is InChI=1S/C20H21N3O4S/c24-20(25)9-11-23-18-6-2-1-5-16(18)17-12-14(7-8-19(17)23)22-28(26,27)15-4-3-10-21-13-15/h1-6,10,13-14,22H,7-9,11-12H2,(H,24,25). The third-order valence-electron chi connectivity index (χ3n) is 5.19. The Kier molecular flexibility index (Phi) is 4.91. The number of carbonyl (C=O) groups is 1. The van der Waals surface area contributed by atoms with Gasteiger partial charge in [-0.2, -0.15) is 0 Å². The Hall–Kier alpha value is -2.71. The zero-order valence-corrected chi connectivity index (χ0v) is 16.0. The van der Waals surface area contributed by atoms with Gasteiger partial charge in [-0.05, 0) is 43.0 Å². The van der Waals surface area contributed by atoms with Gasteiger partial charge in [-0.25, -0.2) is 13.1 Å². The number of hydrogen-bond acceptors (Lipinski definition) is 4. The first-order valence-electron chi connectivity index (χ1n) is 9.19. The first kappa shape index (κ1) is 18.6. The molecule has 1 unspecified atom stereocenters. The molecule has 28 heavy (non-hydrogen) atoms. The van der Waals surface area contributed by atoms with Crippen molar-refractivity contribution in [2.45, 2.75) is 43.2 Å². The number of aliphatic carboxylic acids is 1. The van der Waals surface area contributed by atoms with E-state index in [1.165, 1.54) is 18.5 Å². The van der Waals surface area contributed by atoms with Crippen LogP contribution in [0.3, 0.4) is 0 Å². The number of rotatable bonds is 6. The van der Waals surface area contributed by atoms with Crippen LogP contribution in [0.4, 0.5) is 0 Å². The van der Waals surface area contributed by atoms with Crippen LogP contribution in [0.25, 0.3) is 10.9 Å². The van der Waals surface area contributed by atoms with E-state index in [-0.39, 0.29) is 17.4 Å². The van der Waals surface area contributed by atoms with E-state index in [0.29, 0.717) is 25.8 Å². The fourth-order valence-corrected chi connectivity index (χ4v) is 5.19. The molecule has 2 aromatic heterocycles. The maximum atomic E-state index is 12.6. The number of nitrogens with zero attached hydrogens (tertiary/aromatic N) is 2. The van der Waals surface area contributed by atoms with E-state index in [4.69, 9.17) is 5.11 Å². The molecule has 0 radical (unpaired) electrons. The van der Waals surface area contributed by atoms with Crippen LogP contribution in [0, 0.1) is 0 Å². The molecule has 1 aromatic carbocycles. The molecule has 0 amide bonds. The number of para-hydroxylation sites is 1. The third kappa shape index (κ3) is 3.53. The number of benzene rings is 1. The highest BCUT2D eigenvalue weighted by Crippen LogP contribution is 2.33. The molecular weight excluding hydrogens is 378 g/mol. The minimum absolute atomic E-state index is 0.0577. The lowest BCUT2D eigenvalue weighted by Gasteiger charge is -2.25. The number of carboxylic acids is 1. The Morgan fingerprint density at radius 1 is 1.25 bits per heavy atom. The SMILES string of the molecule is O=C(O)CCn1c2c(c3ccccc31)CC(NS(=O)(=O)c1cccnc1)CC2. The van der Waals surface area contributed by atoms with Gasteiger partial charge in [0.15, 0.2) is 0 Å². The fourth-order valence-electron chi connectivity index (χ4n) is 3.96. The van der Waals surface area contributed by atoms with Crippen LogP contribution >= 0.6 is 0 Å². The van der Waals surface area contributed by atoms with Gasteiger partial charge in [0.05, 0.1) is 6.42 Å². The van der Waals surface area contributed by atoms with Gasteiger partial charge >= 0.3 is 5.97 Å². The molecule has 1 aliphatic carbocycles. The lowest BCUT2D eigenvalue weighted by atomic mass is 9.92. The van der Waals surface area contributed by atoms with Crippen LogP contribution in [0.5, 0.6) is 0 Å². The summed E-state index contributed by atoms with van der Waals surface area (Å²) >= 11 is 0. The predicted molar refractivity (Wildman–Crippen MR) is 105 cm³/mol. The molecule has 1 atom stereocenters. The Bertz CT molecular complexity index is 1120. The summed E-state index contributed by atoms with van der Waals surface area (Å²) in [7, 11) is -3.63. The highest BCUT2D eigenvalue weighted by Gasteiger charge is 2.28. The van der Waals surface area contributed by atoms with Gasteiger partial charge in [0, 0.05) is 41.6 Å². The minimum atomic E-state index is -3.63. The monoisotopic (exact) mass is 399 g/mol. The summed E-state index contributed by atoms with van der Waals surface area (Å²) < 4.78 is 30.2. The number of carboxylic acid groups (broad SMARTS) is 1. The Morgan fingerprint density at radius 3 is 2.82 bits per heavy atom. The Labute approximate surface area is 163 Å². The molecule has 3 aromatic rings. The van der Waals surface area contributed by atoms with Crippen molar-refractivity contribution < 1.29 is 18.3 Å². The van der Waals surface area contributed by atoms with Gasteiger partial charge in [-0.1, -0.05) is 18.2 Å². The van der Waals surface area contributed by atoms with Gasteiger partial charge in [0.2, 0.25) is 10.0 Å². The average Bonchev–Trinajstić information content (AvgIpc) is 3.00. The molecule has 8 heteroatoms. The van der Waals surface area contributed by atoms with E-state index in [1.807, 2.05) is 24.3 Å². The quantitative estimate of drug-likeness (QED) is 0.663. The Morgan fingerprint density at radius 2 is 2.07 bits per heavy atom. The molecule has 2 heterocycles. The first-order valence-corrected chi connectivity index (χ1v) is 10.7. The van der Waals surface area contributed by atoms with Crippen LogP contribution in [-0.2, 0) is 34.2 Å². The molecule has 0 spiro atoms. The van der Waals surface area contributed by atoms with Gasteiger partial charge < -0.3 is 9.67 Å². The molecule has 146 valence electrons. The van der Waals surface area contributed by atoms with E-state index in [9.17, 15) is 13.2 Å². The summed E-state index contributed by atoms with van der Waals surface area (Å²) in [5, 5.41) is 10.1. The molecule has 4 rings (SSSR count). The molecular formula is C20H21N3O4S. The number of hydrogen-bond donors (Lipinski definition) is 2. The van der Waals surface area contributed by atoms with Gasteiger partial charge in [0.25, 0.3) is 0 Å². The lowest BCUT2D eigenvalue weighted by molar-refractivity contribution is -0.137. The zero-order valence-electron chi connectivity index (χ0n) is 15.2. The van der Waals surface area contributed by atoms with Gasteiger partial charge in [-0.15, -0.1) is 0 Å². The second-order valence-corrected chi connectivity index (χ2v) is 8.70. The highest BCUT2D eigenvalue weighted by molar-refractivity contribution is 7.89. The van der Waals surface area contributed by atoms with E-state index in [1.54, 1.807) is 6.07 Å². The molecule has 0 aliphatic heterocycles. The molecule has 0 fully saturated rings. The number of sulfonamides is 1. The maximum Gasteiger partial charge on any atom is 0.305 e. The van der Waals surface area contributed by atoms with Crippen molar-refractivity contribution in [1.82, 2.24) is 14.3 Å². The van der Waals surface area contributed by atoms with Crippen molar-refractivity contribution in [2.24, 2.45) is 0 Å². The summed E-state index contributed by atoms with van der Waals surface area (Å²) in [4.78, 5) is 15.1. The Balaban J connectivity index is 1.64. The summed E-state index contributed by atoms with van der Waals surface area (Å²) in [5.41, 5.74) is 3.22. The van der Waals surface area contributed by atoms with E-state index in [2.05, 4.69) is 14.3 Å². The fraction of sp³-hybridized carbons (Fsp3) is 0.300. The summed E-state index contributed by atoms with van der Waals surface area (Å²) in [6, 6.07) is 10.8. The van der Waals surface area contributed by atoms with Gasteiger partial charge in [0.1, 0.15) is 4.90 Å². The van der Waals surface area contributed by atoms with E-state index >= 15 is 0 Å². The van der Waals surface area contributed by atoms with Crippen molar-refractivity contribution in [1.29, 1.82) is 0 Å². The summed E-state index contributed by atoms with van der Waals surface area (Å²) in [6.45, 7) is 0.414. The smallest absolute Gasteiger partial charge is 0.305 e. The number of nitrogens with one attached hydrogen (secondary N) is 1. The van der Waals surface area contributed by atoms with Crippen molar-refractivity contribution in [3.63, 3.8) is 0 Å².